The fourth-order valence-electron chi connectivity index (χ4n) is 3.31. The average molecular weight is 277 g/mol. The normalized spacial score (nSPS) is 27.2. The second kappa shape index (κ2) is 6.08. The first-order valence-corrected chi connectivity index (χ1v) is 7.46. The molecule has 2 fully saturated rings. The lowest BCUT2D eigenvalue weighted by Gasteiger charge is -2.24. The van der Waals surface area contributed by atoms with Gasteiger partial charge in [0.1, 0.15) is 5.82 Å². The molecule has 0 amide bonds. The predicted molar refractivity (Wildman–Crippen MR) is 77.3 cm³/mol. The van der Waals surface area contributed by atoms with Gasteiger partial charge in [-0.3, -0.25) is 4.90 Å². The Morgan fingerprint density at radius 2 is 2.30 bits per heavy atom. The molecule has 1 unspecified atom stereocenters. The van der Waals surface area contributed by atoms with Crippen molar-refractivity contribution < 1.29 is 9.84 Å². The molecular weight excluding hydrogens is 254 g/mol. The third-order valence-corrected chi connectivity index (χ3v) is 4.46. The van der Waals surface area contributed by atoms with Crippen molar-refractivity contribution >= 4 is 5.82 Å². The molecule has 0 bridgehead atoms. The van der Waals surface area contributed by atoms with Gasteiger partial charge in [-0.1, -0.05) is 6.07 Å². The monoisotopic (exact) mass is 277 g/mol. The number of hydrogen-bond donors (Lipinski definition) is 2. The van der Waals surface area contributed by atoms with Crippen molar-refractivity contribution in [3.8, 4) is 0 Å². The first kappa shape index (κ1) is 13.8. The number of ether oxygens (including phenoxy) is 1. The van der Waals surface area contributed by atoms with Gasteiger partial charge in [-0.2, -0.15) is 0 Å². The van der Waals surface area contributed by atoms with Crippen LogP contribution in [0.25, 0.3) is 0 Å². The average Bonchev–Trinajstić information content (AvgIpc) is 3.10. The molecule has 0 radical (unpaired) electrons. The first-order valence-electron chi connectivity index (χ1n) is 7.46. The van der Waals surface area contributed by atoms with E-state index < -0.39 is 0 Å². The second-order valence-electron chi connectivity index (χ2n) is 5.78. The SMILES string of the molecule is Nc1ccc(C2CCOC2)c(CN2CCC[C@H]2CO)n1. The lowest BCUT2D eigenvalue weighted by molar-refractivity contribution is 0.152. The summed E-state index contributed by atoms with van der Waals surface area (Å²) < 4.78 is 5.50. The van der Waals surface area contributed by atoms with Gasteiger partial charge in [0.05, 0.1) is 18.9 Å². The molecule has 5 heteroatoms. The molecule has 110 valence electrons. The number of nitrogen functional groups attached to an aromatic ring is 1. The van der Waals surface area contributed by atoms with E-state index in [2.05, 4.69) is 16.0 Å². The highest BCUT2D eigenvalue weighted by atomic mass is 16.5. The third-order valence-electron chi connectivity index (χ3n) is 4.46. The van der Waals surface area contributed by atoms with E-state index in [1.807, 2.05) is 6.07 Å². The zero-order valence-corrected chi connectivity index (χ0v) is 11.8. The minimum Gasteiger partial charge on any atom is -0.395 e. The Kier molecular flexibility index (Phi) is 4.19. The summed E-state index contributed by atoms with van der Waals surface area (Å²) in [5, 5.41) is 9.44. The molecule has 0 spiro atoms. The van der Waals surface area contributed by atoms with Gasteiger partial charge in [-0.25, -0.2) is 4.98 Å². The molecule has 2 aliphatic rings. The van der Waals surface area contributed by atoms with E-state index in [0.717, 1.165) is 51.3 Å². The van der Waals surface area contributed by atoms with Crippen molar-refractivity contribution in [1.29, 1.82) is 0 Å². The molecule has 0 aromatic carbocycles. The van der Waals surface area contributed by atoms with Gasteiger partial charge in [0, 0.05) is 25.1 Å². The Morgan fingerprint density at radius 3 is 3.05 bits per heavy atom. The number of nitrogens with zero attached hydrogens (tertiary/aromatic N) is 2. The summed E-state index contributed by atoms with van der Waals surface area (Å²) >= 11 is 0. The maximum absolute atomic E-state index is 9.44. The zero-order chi connectivity index (χ0) is 13.9. The van der Waals surface area contributed by atoms with Crippen LogP contribution < -0.4 is 5.73 Å². The van der Waals surface area contributed by atoms with E-state index in [0.29, 0.717) is 11.7 Å². The molecule has 20 heavy (non-hydrogen) atoms. The minimum absolute atomic E-state index is 0.226. The zero-order valence-electron chi connectivity index (χ0n) is 11.8. The lowest BCUT2D eigenvalue weighted by Crippen LogP contribution is -2.32. The molecule has 2 aliphatic heterocycles. The van der Waals surface area contributed by atoms with E-state index in [1.54, 1.807) is 0 Å². The Labute approximate surface area is 119 Å². The number of hydrogen-bond acceptors (Lipinski definition) is 5. The highest BCUT2D eigenvalue weighted by Gasteiger charge is 2.27. The van der Waals surface area contributed by atoms with Gasteiger partial charge in [-0.05, 0) is 37.4 Å². The molecule has 1 aromatic heterocycles. The molecular formula is C15H23N3O2. The number of rotatable bonds is 4. The van der Waals surface area contributed by atoms with E-state index in [1.165, 1.54) is 5.56 Å². The summed E-state index contributed by atoms with van der Waals surface area (Å²) in [6, 6.07) is 4.25. The highest BCUT2D eigenvalue weighted by Crippen LogP contribution is 2.29. The van der Waals surface area contributed by atoms with Crippen LogP contribution in [0.2, 0.25) is 0 Å². The van der Waals surface area contributed by atoms with Crippen LogP contribution in [-0.4, -0.2) is 47.4 Å². The van der Waals surface area contributed by atoms with Crippen LogP contribution >= 0.6 is 0 Å². The van der Waals surface area contributed by atoms with Crippen LogP contribution in [0.15, 0.2) is 12.1 Å². The summed E-state index contributed by atoms with van der Waals surface area (Å²) in [4.78, 5) is 6.87. The summed E-state index contributed by atoms with van der Waals surface area (Å²) in [6.45, 7) is 3.65. The maximum atomic E-state index is 9.44. The Hall–Kier alpha value is -1.17. The molecule has 1 aromatic rings. The smallest absolute Gasteiger partial charge is 0.123 e. The molecule has 3 heterocycles. The predicted octanol–water partition coefficient (Wildman–Crippen LogP) is 1.12. The van der Waals surface area contributed by atoms with Crippen molar-refractivity contribution in [3.63, 3.8) is 0 Å². The molecule has 2 atom stereocenters. The lowest BCUT2D eigenvalue weighted by atomic mass is 9.96. The number of pyridine rings is 1. The van der Waals surface area contributed by atoms with Gasteiger partial charge in [0.2, 0.25) is 0 Å². The maximum Gasteiger partial charge on any atom is 0.123 e. The quantitative estimate of drug-likeness (QED) is 0.863. The summed E-state index contributed by atoms with van der Waals surface area (Å²) in [5.41, 5.74) is 8.18. The number of anilines is 1. The number of aromatic nitrogens is 1. The summed E-state index contributed by atoms with van der Waals surface area (Å²) in [7, 11) is 0. The van der Waals surface area contributed by atoms with Crippen LogP contribution in [0.3, 0.4) is 0 Å². The van der Waals surface area contributed by atoms with Crippen LogP contribution in [-0.2, 0) is 11.3 Å². The van der Waals surface area contributed by atoms with Crippen molar-refractivity contribution in [1.82, 2.24) is 9.88 Å². The van der Waals surface area contributed by atoms with Crippen molar-refractivity contribution in [2.75, 3.05) is 32.1 Å². The van der Waals surface area contributed by atoms with Crippen molar-refractivity contribution in [2.45, 2.75) is 37.8 Å². The van der Waals surface area contributed by atoms with E-state index in [-0.39, 0.29) is 12.6 Å². The molecule has 2 saturated heterocycles. The van der Waals surface area contributed by atoms with Gasteiger partial charge in [0.25, 0.3) is 0 Å². The van der Waals surface area contributed by atoms with Crippen molar-refractivity contribution in [2.24, 2.45) is 0 Å². The van der Waals surface area contributed by atoms with Gasteiger partial charge in [0.15, 0.2) is 0 Å². The number of likely N-dealkylation sites (tertiary alicyclic amines) is 1. The fraction of sp³-hybridized carbons (Fsp3) is 0.667. The first-order chi connectivity index (χ1) is 9.78. The van der Waals surface area contributed by atoms with Gasteiger partial charge >= 0.3 is 0 Å². The Bertz CT molecular complexity index is 460. The summed E-state index contributed by atoms with van der Waals surface area (Å²) in [6.07, 6.45) is 3.28. The Morgan fingerprint density at radius 1 is 1.40 bits per heavy atom. The van der Waals surface area contributed by atoms with Crippen LogP contribution in [0.4, 0.5) is 5.82 Å². The molecule has 5 nitrogen and oxygen atoms in total. The molecule has 3 N–H and O–H groups in total. The fourth-order valence-corrected chi connectivity index (χ4v) is 3.31. The third kappa shape index (κ3) is 2.80. The number of aliphatic hydroxyl groups excluding tert-OH is 1. The van der Waals surface area contributed by atoms with Crippen LogP contribution in [0.5, 0.6) is 0 Å². The number of aliphatic hydroxyl groups is 1. The number of nitrogens with two attached hydrogens (primary N) is 1. The van der Waals surface area contributed by atoms with Crippen molar-refractivity contribution in [3.05, 3.63) is 23.4 Å². The molecule has 3 rings (SSSR count). The summed E-state index contributed by atoms with van der Waals surface area (Å²) in [5.74, 6) is 1.01. The van der Waals surface area contributed by atoms with Crippen LogP contribution in [0.1, 0.15) is 36.4 Å². The molecule has 0 saturated carbocycles. The topological polar surface area (TPSA) is 71.6 Å². The van der Waals surface area contributed by atoms with E-state index >= 15 is 0 Å². The largest absolute Gasteiger partial charge is 0.395 e. The second-order valence-corrected chi connectivity index (χ2v) is 5.78. The molecule has 0 aliphatic carbocycles. The van der Waals surface area contributed by atoms with Crippen LogP contribution in [0, 0.1) is 0 Å². The van der Waals surface area contributed by atoms with E-state index in [9.17, 15) is 5.11 Å². The standard InChI is InChI=1S/C15H23N3O2/c16-15-4-3-13(11-5-7-20-10-11)14(17-15)8-18-6-1-2-12(18)9-19/h3-4,11-12,19H,1-2,5-10H2,(H2,16,17)/t11?,12-/m0/s1. The minimum atomic E-state index is 0.226. The highest BCUT2D eigenvalue weighted by molar-refractivity contribution is 5.36. The van der Waals surface area contributed by atoms with Gasteiger partial charge in [-0.15, -0.1) is 0 Å². The van der Waals surface area contributed by atoms with E-state index in [4.69, 9.17) is 10.5 Å². The Balaban J connectivity index is 1.81. The van der Waals surface area contributed by atoms with Gasteiger partial charge < -0.3 is 15.6 Å².